The molecule has 1 aromatic carbocycles. The lowest BCUT2D eigenvalue weighted by Gasteiger charge is -2.22. The number of hydrogen-bond donors (Lipinski definition) is 4. The first kappa shape index (κ1) is 19.7. The smallest absolute Gasteiger partial charge is 0.253 e. The highest BCUT2D eigenvalue weighted by molar-refractivity contribution is 6.06. The van der Waals surface area contributed by atoms with Gasteiger partial charge >= 0.3 is 0 Å². The van der Waals surface area contributed by atoms with Gasteiger partial charge in [-0.25, -0.2) is 4.98 Å². The lowest BCUT2D eigenvalue weighted by Crippen LogP contribution is -2.38. The largest absolute Gasteiger partial charge is 0.506 e. The Balaban J connectivity index is 1.67. The Morgan fingerprint density at radius 1 is 1.37 bits per heavy atom. The number of nitrogens with zero attached hydrogens (tertiary/aromatic N) is 1. The van der Waals surface area contributed by atoms with Crippen LogP contribution in [0.1, 0.15) is 62.1 Å². The fourth-order valence-corrected chi connectivity index (χ4v) is 3.70. The van der Waals surface area contributed by atoms with Gasteiger partial charge in [0.15, 0.2) is 0 Å². The van der Waals surface area contributed by atoms with E-state index in [1.54, 1.807) is 12.1 Å². The van der Waals surface area contributed by atoms with Crippen molar-refractivity contribution in [3.63, 3.8) is 0 Å². The summed E-state index contributed by atoms with van der Waals surface area (Å²) in [6, 6.07) is 3.23. The van der Waals surface area contributed by atoms with E-state index in [0.29, 0.717) is 35.0 Å². The maximum Gasteiger partial charge on any atom is 0.253 e. The second-order valence-corrected chi connectivity index (χ2v) is 8.10. The summed E-state index contributed by atoms with van der Waals surface area (Å²) in [6.45, 7) is 7.14. The van der Waals surface area contributed by atoms with E-state index in [1.165, 1.54) is 6.42 Å². The number of nitrogens with one attached hydrogen (secondary N) is 3. The van der Waals surface area contributed by atoms with Gasteiger partial charge in [-0.15, -0.1) is 0 Å². The van der Waals surface area contributed by atoms with Gasteiger partial charge in [-0.2, -0.15) is 0 Å². The fraction of sp³-hybridized carbons (Fsp3) is 0.619. The number of aromatic nitrogens is 2. The molecule has 1 fully saturated rings. The van der Waals surface area contributed by atoms with Gasteiger partial charge in [0.2, 0.25) is 0 Å². The molecule has 3 rings (SSSR count). The van der Waals surface area contributed by atoms with Gasteiger partial charge in [-0.1, -0.05) is 26.7 Å². The predicted octanol–water partition coefficient (Wildman–Crippen LogP) is 3.37. The fourth-order valence-electron chi connectivity index (χ4n) is 3.70. The first-order chi connectivity index (χ1) is 13.0. The molecule has 4 N–H and O–H groups in total. The average Bonchev–Trinajstić information content (AvgIpc) is 3.09. The third-order valence-corrected chi connectivity index (χ3v) is 5.31. The van der Waals surface area contributed by atoms with Crippen LogP contribution in [0.25, 0.3) is 11.0 Å². The number of aromatic hydroxyl groups is 1. The summed E-state index contributed by atoms with van der Waals surface area (Å²) in [5, 5.41) is 16.6. The van der Waals surface area contributed by atoms with Crippen molar-refractivity contribution in [2.45, 2.75) is 52.4 Å². The molecule has 1 saturated heterocycles. The van der Waals surface area contributed by atoms with Crippen molar-refractivity contribution in [3.05, 3.63) is 23.5 Å². The number of H-pyrrole nitrogens is 1. The molecule has 1 aliphatic rings. The monoisotopic (exact) mass is 372 g/mol. The number of rotatable bonds is 8. The number of aromatic amines is 1. The highest BCUT2D eigenvalue weighted by Gasteiger charge is 2.19. The molecule has 1 aliphatic heterocycles. The molecule has 2 heterocycles. The molecule has 0 aliphatic carbocycles. The van der Waals surface area contributed by atoms with Crippen molar-refractivity contribution in [2.75, 3.05) is 19.6 Å². The zero-order valence-electron chi connectivity index (χ0n) is 16.5. The molecule has 0 saturated carbocycles. The molecule has 6 heteroatoms. The molecule has 0 bridgehead atoms. The summed E-state index contributed by atoms with van der Waals surface area (Å²) < 4.78 is 0. The minimum absolute atomic E-state index is 0.122. The number of unbranched alkanes of at least 4 members (excludes halogenated alkanes) is 1. The molecule has 6 nitrogen and oxygen atoms in total. The highest BCUT2D eigenvalue weighted by atomic mass is 16.3. The Bertz CT molecular complexity index is 763. The minimum Gasteiger partial charge on any atom is -0.506 e. The molecular weight excluding hydrogens is 340 g/mol. The van der Waals surface area contributed by atoms with Crippen LogP contribution < -0.4 is 10.6 Å². The van der Waals surface area contributed by atoms with Crippen molar-refractivity contribution >= 4 is 16.9 Å². The van der Waals surface area contributed by atoms with E-state index < -0.39 is 0 Å². The van der Waals surface area contributed by atoms with Crippen LogP contribution in [-0.2, 0) is 6.42 Å². The number of fused-ring (bicyclic) bond motifs is 1. The quantitative estimate of drug-likeness (QED) is 0.535. The van der Waals surface area contributed by atoms with Gasteiger partial charge in [0.25, 0.3) is 5.91 Å². The van der Waals surface area contributed by atoms with Crippen LogP contribution in [0.2, 0.25) is 0 Å². The van der Waals surface area contributed by atoms with Crippen molar-refractivity contribution in [1.29, 1.82) is 0 Å². The van der Waals surface area contributed by atoms with Crippen molar-refractivity contribution in [1.82, 2.24) is 20.6 Å². The standard InChI is InChI=1S/C21H32N4O2/c1-14(2)6-3-4-8-18-24-19-16(9-10-17(26)20(19)25-18)21(27)23-13-15-7-5-11-22-12-15/h9-10,14-15,22,26H,3-8,11-13H2,1-2H3,(H,23,27)(H,24,25). The predicted molar refractivity (Wildman–Crippen MR) is 108 cm³/mol. The Morgan fingerprint density at radius 2 is 2.22 bits per heavy atom. The molecule has 1 aromatic heterocycles. The molecule has 0 spiro atoms. The van der Waals surface area contributed by atoms with Crippen LogP contribution >= 0.6 is 0 Å². The lowest BCUT2D eigenvalue weighted by atomic mass is 9.99. The first-order valence-corrected chi connectivity index (χ1v) is 10.2. The Hall–Kier alpha value is -2.08. The van der Waals surface area contributed by atoms with Gasteiger partial charge < -0.3 is 20.7 Å². The molecular formula is C21H32N4O2. The van der Waals surface area contributed by atoms with E-state index in [9.17, 15) is 9.90 Å². The zero-order valence-corrected chi connectivity index (χ0v) is 16.5. The normalized spacial score (nSPS) is 17.5. The number of piperidine rings is 1. The molecule has 2 aromatic rings. The van der Waals surface area contributed by atoms with E-state index in [4.69, 9.17) is 0 Å². The Morgan fingerprint density at radius 3 is 2.96 bits per heavy atom. The SMILES string of the molecule is CC(C)CCCCc1nc2c(C(=O)NCC3CCCNC3)ccc(O)c2[nH]1. The molecule has 1 unspecified atom stereocenters. The van der Waals surface area contributed by atoms with Crippen LogP contribution in [0.15, 0.2) is 12.1 Å². The van der Waals surface area contributed by atoms with Crippen molar-refractivity contribution in [3.8, 4) is 5.75 Å². The maximum absolute atomic E-state index is 12.7. The third kappa shape index (κ3) is 5.22. The molecule has 1 amide bonds. The highest BCUT2D eigenvalue weighted by Crippen LogP contribution is 2.26. The number of hydrogen-bond acceptors (Lipinski definition) is 4. The summed E-state index contributed by atoms with van der Waals surface area (Å²) in [5.74, 6) is 2.04. The Labute approximate surface area is 161 Å². The second-order valence-electron chi connectivity index (χ2n) is 8.10. The zero-order chi connectivity index (χ0) is 19.2. The van der Waals surface area contributed by atoms with E-state index in [2.05, 4.69) is 34.4 Å². The number of carbonyl (C=O) groups excluding carboxylic acids is 1. The van der Waals surface area contributed by atoms with Gasteiger partial charge in [0.1, 0.15) is 22.6 Å². The van der Waals surface area contributed by atoms with Crippen LogP contribution in [0.3, 0.4) is 0 Å². The number of phenolic OH excluding ortho intramolecular Hbond substituents is 1. The summed E-state index contributed by atoms with van der Waals surface area (Å²) in [7, 11) is 0. The lowest BCUT2D eigenvalue weighted by molar-refractivity contribution is 0.0946. The number of aryl methyl sites for hydroxylation is 1. The summed E-state index contributed by atoms with van der Waals surface area (Å²) in [5.41, 5.74) is 1.64. The average molecular weight is 373 g/mol. The van der Waals surface area contributed by atoms with Crippen LogP contribution in [0.4, 0.5) is 0 Å². The number of carbonyl (C=O) groups is 1. The number of amides is 1. The molecule has 148 valence electrons. The topological polar surface area (TPSA) is 90.0 Å². The van der Waals surface area contributed by atoms with E-state index in [0.717, 1.165) is 51.0 Å². The first-order valence-electron chi connectivity index (χ1n) is 10.2. The maximum atomic E-state index is 12.7. The van der Waals surface area contributed by atoms with Gasteiger partial charge in [0, 0.05) is 13.0 Å². The summed E-state index contributed by atoms with van der Waals surface area (Å²) in [4.78, 5) is 20.5. The molecule has 0 radical (unpaired) electrons. The Kier molecular flexibility index (Phi) is 6.72. The van der Waals surface area contributed by atoms with Crippen LogP contribution in [0.5, 0.6) is 5.75 Å². The molecule has 27 heavy (non-hydrogen) atoms. The third-order valence-electron chi connectivity index (χ3n) is 5.31. The minimum atomic E-state index is -0.122. The number of phenols is 1. The van der Waals surface area contributed by atoms with E-state index in [1.807, 2.05) is 0 Å². The number of benzene rings is 1. The van der Waals surface area contributed by atoms with Gasteiger partial charge in [0.05, 0.1) is 5.56 Å². The van der Waals surface area contributed by atoms with E-state index in [-0.39, 0.29) is 11.7 Å². The molecule has 1 atom stereocenters. The van der Waals surface area contributed by atoms with Gasteiger partial charge in [-0.3, -0.25) is 4.79 Å². The summed E-state index contributed by atoms with van der Waals surface area (Å²) >= 11 is 0. The number of imidazole rings is 1. The van der Waals surface area contributed by atoms with Crippen LogP contribution in [0, 0.1) is 11.8 Å². The van der Waals surface area contributed by atoms with Gasteiger partial charge in [-0.05, 0) is 56.3 Å². The van der Waals surface area contributed by atoms with Crippen molar-refractivity contribution < 1.29 is 9.90 Å². The van der Waals surface area contributed by atoms with E-state index >= 15 is 0 Å². The second kappa shape index (κ2) is 9.22. The summed E-state index contributed by atoms with van der Waals surface area (Å²) in [6.07, 6.45) is 6.54. The van der Waals surface area contributed by atoms with Crippen molar-refractivity contribution in [2.24, 2.45) is 11.8 Å². The van der Waals surface area contributed by atoms with Crippen LogP contribution in [-0.4, -0.2) is 40.6 Å².